The first-order valence-corrected chi connectivity index (χ1v) is 4.89. The van der Waals surface area contributed by atoms with Gasteiger partial charge in [0.1, 0.15) is 5.75 Å². The molecule has 0 spiro atoms. The van der Waals surface area contributed by atoms with E-state index in [0.29, 0.717) is 6.61 Å². The highest BCUT2D eigenvalue weighted by Gasteiger charge is 2.06. The summed E-state index contributed by atoms with van der Waals surface area (Å²) < 4.78 is 25.6. The summed E-state index contributed by atoms with van der Waals surface area (Å²) in [6.45, 7) is 2.05. The van der Waals surface area contributed by atoms with Gasteiger partial charge in [-0.1, -0.05) is 0 Å². The highest BCUT2D eigenvalue weighted by Crippen LogP contribution is 1.86. The molecule has 0 amide bonds. The third-order valence-corrected chi connectivity index (χ3v) is 1.50. The van der Waals surface area contributed by atoms with E-state index in [0.717, 1.165) is 6.26 Å². The van der Waals surface area contributed by atoms with Gasteiger partial charge in [0.05, 0.1) is 6.61 Å². The second-order valence-electron chi connectivity index (χ2n) is 1.93. The van der Waals surface area contributed by atoms with Crippen LogP contribution in [0.5, 0.6) is 0 Å². The van der Waals surface area contributed by atoms with E-state index >= 15 is 0 Å². The van der Waals surface area contributed by atoms with Gasteiger partial charge in [-0.2, -0.15) is 0 Å². The Bertz CT molecular complexity index is 207. The van der Waals surface area contributed by atoms with Gasteiger partial charge in [-0.3, -0.25) is 5.41 Å². The summed E-state index contributed by atoms with van der Waals surface area (Å²) in [6, 6.07) is 0. The van der Waals surface area contributed by atoms with Crippen LogP contribution in [0.1, 0.15) is 6.92 Å². The summed E-state index contributed by atoms with van der Waals surface area (Å²) in [5.74, 6) is -0.495. The molecule has 0 atom stereocenters. The minimum atomic E-state index is -3.10. The largest absolute Gasteiger partial charge is 0.481 e. The zero-order valence-electron chi connectivity index (χ0n) is 6.05. The number of sulfone groups is 1. The molecule has 0 saturated heterocycles. The first-order chi connectivity index (χ1) is 4.45. The minimum Gasteiger partial charge on any atom is -0.481 e. The van der Waals surface area contributed by atoms with E-state index in [2.05, 4.69) is 4.74 Å². The van der Waals surface area contributed by atoms with Crippen LogP contribution in [0.4, 0.5) is 0 Å². The highest BCUT2D eigenvalue weighted by atomic mass is 32.2. The number of hydrogen-bond acceptors (Lipinski definition) is 4. The minimum absolute atomic E-state index is 0.190. The highest BCUT2D eigenvalue weighted by molar-refractivity contribution is 7.91. The van der Waals surface area contributed by atoms with E-state index in [-0.39, 0.29) is 11.7 Å². The topological polar surface area (TPSA) is 67.2 Å². The van der Waals surface area contributed by atoms with Crippen molar-refractivity contribution in [2.45, 2.75) is 6.92 Å². The Morgan fingerprint density at radius 3 is 2.40 bits per heavy atom. The van der Waals surface area contributed by atoms with Crippen molar-refractivity contribution in [3.63, 3.8) is 0 Å². The molecule has 0 aliphatic rings. The molecule has 0 aromatic heterocycles. The molecule has 4 nitrogen and oxygen atoms in total. The molecule has 0 rings (SSSR count). The van der Waals surface area contributed by atoms with E-state index in [1.54, 1.807) is 6.92 Å². The average molecular weight is 165 g/mol. The van der Waals surface area contributed by atoms with Crippen LogP contribution in [0.25, 0.3) is 0 Å². The van der Waals surface area contributed by atoms with Crippen molar-refractivity contribution in [1.29, 1.82) is 5.41 Å². The second kappa shape index (κ2) is 3.55. The molecule has 0 fully saturated rings. The normalized spacial score (nSPS) is 11.0. The van der Waals surface area contributed by atoms with Gasteiger partial charge < -0.3 is 4.74 Å². The molecule has 10 heavy (non-hydrogen) atoms. The lowest BCUT2D eigenvalue weighted by atomic mass is 10.7. The van der Waals surface area contributed by atoms with Crippen LogP contribution in [-0.4, -0.2) is 32.9 Å². The van der Waals surface area contributed by atoms with Crippen molar-refractivity contribution in [2.24, 2.45) is 0 Å². The van der Waals surface area contributed by atoms with Crippen molar-refractivity contribution in [3.05, 3.63) is 0 Å². The zero-order chi connectivity index (χ0) is 8.20. The molecule has 0 aliphatic carbocycles. The summed E-state index contributed by atoms with van der Waals surface area (Å²) in [7, 11) is -3.10. The molecule has 0 radical (unpaired) electrons. The first-order valence-electron chi connectivity index (χ1n) is 2.83. The number of hydrogen-bond donors (Lipinski definition) is 1. The fourth-order valence-corrected chi connectivity index (χ4v) is 1.01. The van der Waals surface area contributed by atoms with E-state index in [1.165, 1.54) is 0 Å². The molecular weight excluding hydrogens is 154 g/mol. The maximum absolute atomic E-state index is 10.5. The molecule has 0 saturated carbocycles. The van der Waals surface area contributed by atoms with Gasteiger partial charge in [0.15, 0.2) is 15.7 Å². The van der Waals surface area contributed by atoms with E-state index in [4.69, 9.17) is 5.41 Å². The lowest BCUT2D eigenvalue weighted by Gasteiger charge is -2.01. The fraction of sp³-hybridized carbons (Fsp3) is 0.800. The lowest BCUT2D eigenvalue weighted by Crippen LogP contribution is -2.16. The third kappa shape index (κ3) is 5.55. The van der Waals surface area contributed by atoms with Gasteiger partial charge in [-0.05, 0) is 6.92 Å². The van der Waals surface area contributed by atoms with Crippen LogP contribution in [-0.2, 0) is 14.6 Å². The summed E-state index contributed by atoms with van der Waals surface area (Å²) in [5, 5.41) is 6.94. The number of ether oxygens (including phenoxy) is 1. The van der Waals surface area contributed by atoms with Gasteiger partial charge in [0.25, 0.3) is 0 Å². The summed E-state index contributed by atoms with van der Waals surface area (Å²) in [4.78, 5) is 0. The average Bonchev–Trinajstić information content (AvgIpc) is 1.59. The summed E-state index contributed by atoms with van der Waals surface area (Å²) in [5.41, 5.74) is 0. The van der Waals surface area contributed by atoms with Crippen molar-refractivity contribution >= 4 is 15.7 Å². The molecule has 1 N–H and O–H groups in total. The standard InChI is InChI=1S/C5H11NO3S/c1-3-9-5(6)4-10(2,7)8/h6H,3-4H2,1-2H3. The Labute approximate surface area is 60.6 Å². The molecule has 0 aliphatic heterocycles. The van der Waals surface area contributed by atoms with Gasteiger partial charge in [0.2, 0.25) is 0 Å². The van der Waals surface area contributed by atoms with Crippen molar-refractivity contribution in [2.75, 3.05) is 18.6 Å². The van der Waals surface area contributed by atoms with Crippen LogP contribution >= 0.6 is 0 Å². The van der Waals surface area contributed by atoms with Gasteiger partial charge in [0, 0.05) is 6.26 Å². The van der Waals surface area contributed by atoms with E-state index in [9.17, 15) is 8.42 Å². The van der Waals surface area contributed by atoms with Crippen LogP contribution in [0, 0.1) is 5.41 Å². The zero-order valence-corrected chi connectivity index (χ0v) is 6.86. The van der Waals surface area contributed by atoms with Gasteiger partial charge in [-0.15, -0.1) is 0 Å². The van der Waals surface area contributed by atoms with Crippen LogP contribution in [0.3, 0.4) is 0 Å². The SMILES string of the molecule is CCOC(=N)CS(C)(=O)=O. The van der Waals surface area contributed by atoms with Crippen LogP contribution in [0.15, 0.2) is 0 Å². The molecule has 0 bridgehead atoms. The molecule has 5 heteroatoms. The Balaban J connectivity index is 3.82. The molecular formula is C5H11NO3S. The quantitative estimate of drug-likeness (QED) is 0.474. The van der Waals surface area contributed by atoms with E-state index < -0.39 is 9.84 Å². The van der Waals surface area contributed by atoms with Gasteiger partial charge in [-0.25, -0.2) is 8.42 Å². The lowest BCUT2D eigenvalue weighted by molar-refractivity contribution is 0.322. The molecule has 0 unspecified atom stereocenters. The number of nitrogens with one attached hydrogen (secondary N) is 1. The summed E-state index contributed by atoms with van der Waals surface area (Å²) in [6.07, 6.45) is 1.07. The Morgan fingerprint density at radius 1 is 1.60 bits per heavy atom. The van der Waals surface area contributed by atoms with Gasteiger partial charge >= 0.3 is 0 Å². The monoisotopic (exact) mass is 165 g/mol. The van der Waals surface area contributed by atoms with Crippen molar-refractivity contribution in [3.8, 4) is 0 Å². The molecule has 60 valence electrons. The first kappa shape index (κ1) is 9.42. The fourth-order valence-electron chi connectivity index (χ4n) is 0.454. The Morgan fingerprint density at radius 2 is 2.10 bits per heavy atom. The summed E-state index contributed by atoms with van der Waals surface area (Å²) >= 11 is 0. The van der Waals surface area contributed by atoms with Crippen molar-refractivity contribution < 1.29 is 13.2 Å². The predicted molar refractivity (Wildman–Crippen MR) is 39.1 cm³/mol. The smallest absolute Gasteiger partial charge is 0.195 e. The molecule has 0 aromatic carbocycles. The maximum atomic E-state index is 10.5. The predicted octanol–water partition coefficient (Wildman–Crippen LogP) is 0.0448. The molecule has 0 aromatic rings. The van der Waals surface area contributed by atoms with Crippen molar-refractivity contribution in [1.82, 2.24) is 0 Å². The number of rotatable bonds is 3. The van der Waals surface area contributed by atoms with Crippen LogP contribution in [0.2, 0.25) is 0 Å². The maximum Gasteiger partial charge on any atom is 0.195 e. The van der Waals surface area contributed by atoms with E-state index in [1.807, 2.05) is 0 Å². The second-order valence-corrected chi connectivity index (χ2v) is 4.07. The Kier molecular flexibility index (Phi) is 3.35. The van der Waals surface area contributed by atoms with Crippen LogP contribution < -0.4 is 0 Å². The Hall–Kier alpha value is -0.580. The third-order valence-electron chi connectivity index (χ3n) is 0.712. The molecule has 0 heterocycles.